The third-order valence-electron chi connectivity index (χ3n) is 3.39. The third kappa shape index (κ3) is 2.67. The Hall–Kier alpha value is -1.35. The van der Waals surface area contributed by atoms with Crippen molar-refractivity contribution in [1.82, 2.24) is 4.90 Å². The van der Waals surface area contributed by atoms with Gasteiger partial charge in [-0.1, -0.05) is 29.8 Å². The molecule has 1 amide bonds. The number of benzene rings is 1. The van der Waals surface area contributed by atoms with E-state index in [1.54, 1.807) is 4.90 Å². The van der Waals surface area contributed by atoms with Crippen LogP contribution in [-0.4, -0.2) is 35.1 Å². The number of aryl methyl sites for hydroxylation is 1. The molecule has 0 saturated carbocycles. The molecule has 17 heavy (non-hydrogen) atoms. The molecule has 1 N–H and O–H groups in total. The normalized spacial score (nSPS) is 21.6. The minimum absolute atomic E-state index is 0.118. The van der Waals surface area contributed by atoms with Gasteiger partial charge in [-0.15, -0.1) is 0 Å². The first kappa shape index (κ1) is 12.1. The zero-order valence-corrected chi connectivity index (χ0v) is 10.4. The molecule has 0 aromatic heterocycles. The minimum atomic E-state index is -0.344. The predicted octanol–water partition coefficient (Wildman–Crippen LogP) is 1.69. The fourth-order valence-corrected chi connectivity index (χ4v) is 2.30. The summed E-state index contributed by atoms with van der Waals surface area (Å²) in [7, 11) is 0. The van der Waals surface area contributed by atoms with E-state index in [2.05, 4.69) is 6.07 Å². The molecule has 1 aromatic carbocycles. The van der Waals surface area contributed by atoms with Crippen molar-refractivity contribution in [2.45, 2.75) is 32.3 Å². The molecule has 1 aliphatic heterocycles. The van der Waals surface area contributed by atoms with E-state index in [0.717, 1.165) is 5.56 Å². The molecule has 1 aliphatic rings. The van der Waals surface area contributed by atoms with Crippen LogP contribution in [0.5, 0.6) is 0 Å². The second-order valence-corrected chi connectivity index (χ2v) is 4.86. The number of aliphatic hydroxyl groups is 1. The van der Waals surface area contributed by atoms with Crippen molar-refractivity contribution in [3.8, 4) is 0 Å². The Balaban J connectivity index is 2.09. The maximum atomic E-state index is 12.2. The molecule has 2 rings (SSSR count). The lowest BCUT2D eigenvalue weighted by Gasteiger charge is -2.20. The van der Waals surface area contributed by atoms with E-state index in [-0.39, 0.29) is 17.9 Å². The van der Waals surface area contributed by atoms with Crippen LogP contribution >= 0.6 is 0 Å². The Morgan fingerprint density at radius 2 is 2.29 bits per heavy atom. The summed E-state index contributed by atoms with van der Waals surface area (Å²) in [6, 6.07) is 8.05. The molecule has 1 aromatic rings. The van der Waals surface area contributed by atoms with E-state index in [1.165, 1.54) is 5.56 Å². The second-order valence-electron chi connectivity index (χ2n) is 4.86. The van der Waals surface area contributed by atoms with E-state index in [0.29, 0.717) is 19.5 Å². The first-order valence-corrected chi connectivity index (χ1v) is 6.11. The van der Waals surface area contributed by atoms with Crippen LogP contribution in [0.15, 0.2) is 24.3 Å². The standard InChI is InChI=1S/C14H19NO2/c1-10-4-3-5-12(8-10)11(2)14(17)15-7-6-13(16)9-15/h3-5,8,11,13,16H,6-7,9H2,1-2H3/t11?,13-/m1/s1. The Morgan fingerprint density at radius 1 is 1.53 bits per heavy atom. The smallest absolute Gasteiger partial charge is 0.229 e. The Kier molecular flexibility index (Phi) is 3.48. The summed E-state index contributed by atoms with van der Waals surface area (Å²) in [4.78, 5) is 14.0. The molecule has 0 radical (unpaired) electrons. The van der Waals surface area contributed by atoms with Gasteiger partial charge in [0.05, 0.1) is 12.0 Å². The van der Waals surface area contributed by atoms with E-state index < -0.39 is 0 Å². The van der Waals surface area contributed by atoms with Crippen LogP contribution in [-0.2, 0) is 4.79 Å². The number of amides is 1. The van der Waals surface area contributed by atoms with Gasteiger partial charge >= 0.3 is 0 Å². The maximum Gasteiger partial charge on any atom is 0.229 e. The first-order chi connectivity index (χ1) is 8.08. The van der Waals surface area contributed by atoms with E-state index >= 15 is 0 Å². The zero-order chi connectivity index (χ0) is 12.4. The van der Waals surface area contributed by atoms with Crippen molar-refractivity contribution in [3.63, 3.8) is 0 Å². The van der Waals surface area contributed by atoms with E-state index in [9.17, 15) is 9.90 Å². The first-order valence-electron chi connectivity index (χ1n) is 6.11. The summed E-state index contributed by atoms with van der Waals surface area (Å²) < 4.78 is 0. The van der Waals surface area contributed by atoms with Crippen LogP contribution in [0.2, 0.25) is 0 Å². The van der Waals surface area contributed by atoms with Gasteiger partial charge in [0.1, 0.15) is 0 Å². The number of likely N-dealkylation sites (tertiary alicyclic amines) is 1. The molecular formula is C14H19NO2. The number of aliphatic hydroxyl groups excluding tert-OH is 1. The quantitative estimate of drug-likeness (QED) is 0.844. The van der Waals surface area contributed by atoms with Crippen molar-refractivity contribution < 1.29 is 9.90 Å². The third-order valence-corrected chi connectivity index (χ3v) is 3.39. The summed E-state index contributed by atoms with van der Waals surface area (Å²) in [6.07, 6.45) is 0.357. The van der Waals surface area contributed by atoms with Crippen LogP contribution in [0.4, 0.5) is 0 Å². The van der Waals surface area contributed by atoms with Crippen LogP contribution < -0.4 is 0 Å². The monoisotopic (exact) mass is 233 g/mol. The van der Waals surface area contributed by atoms with Crippen molar-refractivity contribution in [2.75, 3.05) is 13.1 Å². The lowest BCUT2D eigenvalue weighted by Crippen LogP contribution is -2.33. The maximum absolute atomic E-state index is 12.2. The average Bonchev–Trinajstić information content (AvgIpc) is 2.74. The van der Waals surface area contributed by atoms with Gasteiger partial charge < -0.3 is 10.0 Å². The highest BCUT2D eigenvalue weighted by Crippen LogP contribution is 2.21. The molecule has 1 saturated heterocycles. The van der Waals surface area contributed by atoms with Crippen molar-refractivity contribution in [3.05, 3.63) is 35.4 Å². The van der Waals surface area contributed by atoms with Gasteiger partial charge in [0.25, 0.3) is 0 Å². The number of rotatable bonds is 2. The van der Waals surface area contributed by atoms with Gasteiger partial charge in [0, 0.05) is 13.1 Å². The number of nitrogens with zero attached hydrogens (tertiary/aromatic N) is 1. The topological polar surface area (TPSA) is 40.5 Å². The molecule has 3 heteroatoms. The molecule has 1 fully saturated rings. The number of hydrogen-bond acceptors (Lipinski definition) is 2. The van der Waals surface area contributed by atoms with Crippen molar-refractivity contribution in [2.24, 2.45) is 0 Å². The highest BCUT2D eigenvalue weighted by molar-refractivity contribution is 5.83. The van der Waals surface area contributed by atoms with Crippen LogP contribution in [0.25, 0.3) is 0 Å². The molecule has 0 bridgehead atoms. The van der Waals surface area contributed by atoms with Gasteiger partial charge in [-0.3, -0.25) is 4.79 Å². The number of hydrogen-bond donors (Lipinski definition) is 1. The summed E-state index contributed by atoms with van der Waals surface area (Å²) in [5.41, 5.74) is 2.22. The van der Waals surface area contributed by atoms with Crippen LogP contribution in [0, 0.1) is 6.92 Å². The van der Waals surface area contributed by atoms with Crippen molar-refractivity contribution >= 4 is 5.91 Å². The molecule has 1 heterocycles. The Morgan fingerprint density at radius 3 is 2.88 bits per heavy atom. The molecule has 3 nitrogen and oxygen atoms in total. The van der Waals surface area contributed by atoms with Gasteiger partial charge in [-0.2, -0.15) is 0 Å². The van der Waals surface area contributed by atoms with Gasteiger partial charge in [-0.05, 0) is 25.8 Å². The van der Waals surface area contributed by atoms with Gasteiger partial charge in [-0.25, -0.2) is 0 Å². The summed E-state index contributed by atoms with van der Waals surface area (Å²) >= 11 is 0. The number of carbonyl (C=O) groups is 1. The number of β-amino-alcohol motifs (C(OH)–C–C–N with tert-alkyl or cyclic N) is 1. The second kappa shape index (κ2) is 4.88. The summed E-state index contributed by atoms with van der Waals surface area (Å²) in [5.74, 6) is -0.00708. The fourth-order valence-electron chi connectivity index (χ4n) is 2.30. The largest absolute Gasteiger partial charge is 0.391 e. The zero-order valence-electron chi connectivity index (χ0n) is 10.4. The lowest BCUT2D eigenvalue weighted by atomic mass is 9.98. The van der Waals surface area contributed by atoms with Crippen LogP contribution in [0.1, 0.15) is 30.4 Å². The van der Waals surface area contributed by atoms with Crippen LogP contribution in [0.3, 0.4) is 0 Å². The average molecular weight is 233 g/mol. The Labute approximate surface area is 102 Å². The van der Waals surface area contributed by atoms with Gasteiger partial charge in [0.2, 0.25) is 5.91 Å². The molecule has 2 atom stereocenters. The predicted molar refractivity (Wildman–Crippen MR) is 66.8 cm³/mol. The summed E-state index contributed by atoms with van der Waals surface area (Å²) in [6.45, 7) is 5.12. The highest BCUT2D eigenvalue weighted by Gasteiger charge is 2.28. The molecule has 92 valence electrons. The van der Waals surface area contributed by atoms with Gasteiger partial charge in [0.15, 0.2) is 0 Å². The highest BCUT2D eigenvalue weighted by atomic mass is 16.3. The fraction of sp³-hybridized carbons (Fsp3) is 0.500. The Bertz CT molecular complexity index is 416. The van der Waals surface area contributed by atoms with E-state index in [1.807, 2.05) is 32.0 Å². The molecule has 0 aliphatic carbocycles. The molecular weight excluding hydrogens is 214 g/mol. The molecule has 0 spiro atoms. The molecule has 1 unspecified atom stereocenters. The number of carbonyl (C=O) groups excluding carboxylic acids is 1. The SMILES string of the molecule is Cc1cccc(C(C)C(=O)N2CC[C@@H](O)C2)c1. The summed E-state index contributed by atoms with van der Waals surface area (Å²) in [5, 5.41) is 9.45. The van der Waals surface area contributed by atoms with E-state index in [4.69, 9.17) is 0 Å². The minimum Gasteiger partial charge on any atom is -0.391 e. The van der Waals surface area contributed by atoms with Crippen molar-refractivity contribution in [1.29, 1.82) is 0 Å². The lowest BCUT2D eigenvalue weighted by molar-refractivity contribution is -0.131.